The average Bonchev–Trinajstić information content (AvgIpc) is 3.71. The molecule has 0 saturated heterocycles. The van der Waals surface area contributed by atoms with E-state index in [1.54, 1.807) is 23.0 Å². The number of fused-ring (bicyclic) bond motifs is 1. The number of hydrogen-bond acceptors (Lipinski definition) is 6. The maximum Gasteiger partial charge on any atom is 0.293 e. The van der Waals surface area contributed by atoms with Crippen LogP contribution in [-0.2, 0) is 16.9 Å². The summed E-state index contributed by atoms with van der Waals surface area (Å²) >= 11 is 4.95. The molecule has 1 aliphatic rings. The van der Waals surface area contributed by atoms with Gasteiger partial charge in [0.15, 0.2) is 0 Å². The quantitative estimate of drug-likeness (QED) is 0.226. The van der Waals surface area contributed by atoms with Crippen LogP contribution in [-0.4, -0.2) is 36.2 Å². The molecule has 5 aromatic rings. The van der Waals surface area contributed by atoms with Crippen molar-refractivity contribution in [1.29, 1.82) is 0 Å². The van der Waals surface area contributed by atoms with Gasteiger partial charge in [-0.25, -0.2) is 14.1 Å². The van der Waals surface area contributed by atoms with Crippen LogP contribution >= 0.6 is 27.3 Å². The molecule has 1 atom stereocenters. The zero-order valence-electron chi connectivity index (χ0n) is 22.6. The minimum absolute atomic E-state index is 0.322. The minimum atomic E-state index is -0.469. The minimum Gasteiger partial charge on any atom is -0.271 e. The molecule has 8 nitrogen and oxygen atoms in total. The lowest BCUT2D eigenvalue weighted by Crippen LogP contribution is -2.36. The van der Waals surface area contributed by atoms with E-state index < -0.39 is 23.0 Å². The molecule has 3 aromatic heterocycles. The lowest BCUT2D eigenvalue weighted by molar-refractivity contribution is -0.133. The number of nitrogens with zero attached hydrogens (tertiary/aromatic N) is 6. The van der Waals surface area contributed by atoms with Crippen LogP contribution < -0.4 is 5.56 Å². The Bertz CT molecular complexity index is 1840. The second-order valence-corrected chi connectivity index (χ2v) is 12.7. The molecule has 0 spiro atoms. The first-order valence-electron chi connectivity index (χ1n) is 13.0. The van der Waals surface area contributed by atoms with E-state index in [0.29, 0.717) is 23.0 Å². The molecule has 1 amide bonds. The molecule has 0 radical (unpaired) electrons. The molecular formula is C30H26BrFN6O2S. The SMILES string of the molecule is CC(C)(C)n1ncc2c(-c3cccs3)nn(CC(=O)N3N=C(c4ccc(Br)cc4)CC3c3ccc(F)cc3)c(=O)c21. The number of amides is 1. The van der Waals surface area contributed by atoms with Gasteiger partial charge >= 0.3 is 0 Å². The highest BCUT2D eigenvalue weighted by atomic mass is 79.9. The maximum absolute atomic E-state index is 13.9. The fourth-order valence-electron chi connectivity index (χ4n) is 4.98. The largest absolute Gasteiger partial charge is 0.293 e. The summed E-state index contributed by atoms with van der Waals surface area (Å²) in [6.45, 7) is 5.58. The number of halogens is 2. The van der Waals surface area contributed by atoms with Crippen molar-refractivity contribution in [2.45, 2.75) is 45.3 Å². The number of hydrazone groups is 1. The van der Waals surface area contributed by atoms with Gasteiger partial charge in [-0.3, -0.25) is 14.3 Å². The first-order chi connectivity index (χ1) is 19.6. The van der Waals surface area contributed by atoms with E-state index in [9.17, 15) is 14.0 Å². The molecule has 0 bridgehead atoms. The number of hydrogen-bond donors (Lipinski definition) is 0. The number of thiophene rings is 1. The molecule has 0 fully saturated rings. The molecule has 0 saturated carbocycles. The molecular weight excluding hydrogens is 607 g/mol. The van der Waals surface area contributed by atoms with Gasteiger partial charge in [0.25, 0.3) is 11.5 Å². The Morgan fingerprint density at radius 3 is 2.49 bits per heavy atom. The van der Waals surface area contributed by atoms with Gasteiger partial charge in [0.1, 0.15) is 23.6 Å². The highest BCUT2D eigenvalue weighted by Crippen LogP contribution is 2.34. The van der Waals surface area contributed by atoms with Gasteiger partial charge in [-0.1, -0.05) is 46.3 Å². The van der Waals surface area contributed by atoms with Gasteiger partial charge < -0.3 is 0 Å². The third-order valence-electron chi connectivity index (χ3n) is 6.96. The summed E-state index contributed by atoms with van der Waals surface area (Å²) < 4.78 is 17.6. The first kappa shape index (κ1) is 27.2. The van der Waals surface area contributed by atoms with Crippen molar-refractivity contribution in [3.05, 3.63) is 104 Å². The van der Waals surface area contributed by atoms with Crippen molar-refractivity contribution in [3.8, 4) is 10.6 Å². The predicted octanol–water partition coefficient (Wildman–Crippen LogP) is 6.36. The van der Waals surface area contributed by atoms with Crippen molar-refractivity contribution >= 4 is 49.8 Å². The Labute approximate surface area is 247 Å². The van der Waals surface area contributed by atoms with Crippen molar-refractivity contribution in [2.24, 2.45) is 5.10 Å². The van der Waals surface area contributed by atoms with Crippen molar-refractivity contribution < 1.29 is 9.18 Å². The average molecular weight is 634 g/mol. The van der Waals surface area contributed by atoms with Crippen LogP contribution in [0.2, 0.25) is 0 Å². The van der Waals surface area contributed by atoms with E-state index in [1.807, 2.05) is 62.5 Å². The maximum atomic E-state index is 13.9. The molecule has 41 heavy (non-hydrogen) atoms. The molecule has 0 N–H and O–H groups in total. The van der Waals surface area contributed by atoms with E-state index in [4.69, 9.17) is 5.10 Å². The predicted molar refractivity (Wildman–Crippen MR) is 161 cm³/mol. The van der Waals surface area contributed by atoms with Crippen LogP contribution in [0.5, 0.6) is 0 Å². The highest BCUT2D eigenvalue weighted by Gasteiger charge is 2.34. The molecule has 4 heterocycles. The fourth-order valence-corrected chi connectivity index (χ4v) is 5.97. The molecule has 0 aliphatic carbocycles. The van der Waals surface area contributed by atoms with Crippen LogP contribution in [0.1, 0.15) is 44.4 Å². The Kier molecular flexibility index (Phi) is 6.95. The zero-order valence-corrected chi connectivity index (χ0v) is 25.0. The number of carbonyl (C=O) groups excluding carboxylic acids is 1. The normalized spacial score (nSPS) is 15.5. The van der Waals surface area contributed by atoms with Crippen LogP contribution in [0.25, 0.3) is 21.5 Å². The third-order valence-corrected chi connectivity index (χ3v) is 8.36. The first-order valence-corrected chi connectivity index (χ1v) is 14.7. The van der Waals surface area contributed by atoms with E-state index in [0.717, 1.165) is 26.2 Å². The molecule has 6 rings (SSSR count). The van der Waals surface area contributed by atoms with Crippen molar-refractivity contribution in [1.82, 2.24) is 24.6 Å². The van der Waals surface area contributed by atoms with E-state index in [2.05, 4.69) is 26.1 Å². The Morgan fingerprint density at radius 1 is 1.10 bits per heavy atom. The Morgan fingerprint density at radius 2 is 1.83 bits per heavy atom. The number of aromatic nitrogens is 4. The molecule has 1 aliphatic heterocycles. The summed E-state index contributed by atoms with van der Waals surface area (Å²) in [7, 11) is 0. The lowest BCUT2D eigenvalue weighted by Gasteiger charge is -2.23. The standard InChI is InChI=1S/C30H26BrFN6O2S/c1-30(2,3)38-28-22(16-33-38)27(25-5-4-14-41-25)35-36(29(28)40)17-26(39)37-24(19-8-12-21(32)13-9-19)15-23(34-37)18-6-10-20(31)11-7-18/h4-14,16,24H,15,17H2,1-3H3. The van der Waals surface area contributed by atoms with Gasteiger partial charge in [-0.2, -0.15) is 15.3 Å². The Hall–Kier alpha value is -3.96. The summed E-state index contributed by atoms with van der Waals surface area (Å²) in [5.74, 6) is -0.765. The lowest BCUT2D eigenvalue weighted by atomic mass is 9.98. The Balaban J connectivity index is 1.43. The highest BCUT2D eigenvalue weighted by molar-refractivity contribution is 9.10. The second kappa shape index (κ2) is 10.5. The van der Waals surface area contributed by atoms with Crippen LogP contribution in [0.15, 0.2) is 86.6 Å². The van der Waals surface area contributed by atoms with Crippen LogP contribution in [0.3, 0.4) is 0 Å². The van der Waals surface area contributed by atoms with Gasteiger partial charge in [-0.15, -0.1) is 11.3 Å². The number of benzene rings is 2. The van der Waals surface area contributed by atoms with Gasteiger partial charge in [0.2, 0.25) is 0 Å². The van der Waals surface area contributed by atoms with Gasteiger partial charge in [-0.05, 0) is 67.6 Å². The monoisotopic (exact) mass is 632 g/mol. The topological polar surface area (TPSA) is 85.4 Å². The van der Waals surface area contributed by atoms with Crippen molar-refractivity contribution in [3.63, 3.8) is 0 Å². The summed E-state index contributed by atoms with van der Waals surface area (Å²) in [4.78, 5) is 28.6. The summed E-state index contributed by atoms with van der Waals surface area (Å²) in [6.07, 6.45) is 2.10. The van der Waals surface area contributed by atoms with Crippen LogP contribution in [0.4, 0.5) is 4.39 Å². The molecule has 2 aromatic carbocycles. The van der Waals surface area contributed by atoms with E-state index in [1.165, 1.54) is 33.2 Å². The fraction of sp³-hybridized carbons (Fsp3) is 0.233. The van der Waals surface area contributed by atoms with E-state index in [-0.39, 0.29) is 12.4 Å². The van der Waals surface area contributed by atoms with Crippen molar-refractivity contribution in [2.75, 3.05) is 0 Å². The van der Waals surface area contributed by atoms with E-state index >= 15 is 0 Å². The third kappa shape index (κ3) is 5.15. The summed E-state index contributed by atoms with van der Waals surface area (Å²) in [5, 5.41) is 17.9. The second-order valence-electron chi connectivity index (χ2n) is 10.8. The summed E-state index contributed by atoms with van der Waals surface area (Å²) in [5.41, 5.74) is 2.45. The van der Waals surface area contributed by atoms with Gasteiger partial charge in [0.05, 0.1) is 33.8 Å². The number of rotatable bonds is 5. The van der Waals surface area contributed by atoms with Gasteiger partial charge in [0, 0.05) is 10.9 Å². The molecule has 11 heteroatoms. The zero-order chi connectivity index (χ0) is 28.9. The molecule has 208 valence electrons. The summed E-state index contributed by atoms with van der Waals surface area (Å²) in [6, 6.07) is 17.1. The smallest absolute Gasteiger partial charge is 0.271 e. The number of carbonyl (C=O) groups is 1. The van der Waals surface area contributed by atoms with Crippen LogP contribution in [0, 0.1) is 5.82 Å². The molecule has 1 unspecified atom stereocenters.